The van der Waals surface area contributed by atoms with Crippen LogP contribution in [0.15, 0.2) is 24.3 Å². The summed E-state index contributed by atoms with van der Waals surface area (Å²) < 4.78 is 27.8. The number of hydrogen-bond acceptors (Lipinski definition) is 4. The minimum Gasteiger partial charge on any atom is -0.478 e. The van der Waals surface area contributed by atoms with Gasteiger partial charge in [-0.25, -0.2) is 18.6 Å². The van der Waals surface area contributed by atoms with Crippen molar-refractivity contribution in [3.8, 4) is 6.07 Å². The molecule has 1 heterocycles. The van der Waals surface area contributed by atoms with Gasteiger partial charge in [-0.2, -0.15) is 5.26 Å². The van der Waals surface area contributed by atoms with Crippen LogP contribution in [0.2, 0.25) is 0 Å². The zero-order valence-electron chi connectivity index (χ0n) is 10.2. The molecule has 2 rings (SSSR count). The normalized spacial score (nSPS) is 10.0. The van der Waals surface area contributed by atoms with Gasteiger partial charge in [0.15, 0.2) is 11.5 Å². The number of benzene rings is 1. The van der Waals surface area contributed by atoms with Gasteiger partial charge >= 0.3 is 5.97 Å². The molecule has 0 aliphatic rings. The molecule has 0 bridgehead atoms. The van der Waals surface area contributed by atoms with Gasteiger partial charge in [-0.3, -0.25) is 0 Å². The minimum absolute atomic E-state index is 0.0269. The van der Waals surface area contributed by atoms with Crippen LogP contribution in [0.1, 0.15) is 16.1 Å². The fourth-order valence-corrected chi connectivity index (χ4v) is 2.00. The van der Waals surface area contributed by atoms with E-state index in [1.807, 2.05) is 22.6 Å². The summed E-state index contributed by atoms with van der Waals surface area (Å²) in [7, 11) is 0. The third kappa shape index (κ3) is 3.25. The second-order valence-electron chi connectivity index (χ2n) is 3.88. The molecule has 5 nitrogen and oxygen atoms in total. The summed E-state index contributed by atoms with van der Waals surface area (Å²) in [6.45, 7) is 0. The largest absolute Gasteiger partial charge is 0.478 e. The molecule has 0 saturated heterocycles. The molecule has 0 saturated carbocycles. The summed E-state index contributed by atoms with van der Waals surface area (Å²) in [4.78, 5) is 14.7. The Balaban J connectivity index is 2.52. The van der Waals surface area contributed by atoms with E-state index in [1.54, 1.807) is 6.07 Å². The van der Waals surface area contributed by atoms with Gasteiger partial charge in [0.25, 0.3) is 0 Å². The van der Waals surface area contributed by atoms with E-state index in [0.29, 0.717) is 9.64 Å². The highest BCUT2D eigenvalue weighted by Gasteiger charge is 2.18. The Morgan fingerprint density at radius 2 is 2.05 bits per heavy atom. The van der Waals surface area contributed by atoms with E-state index < -0.39 is 28.9 Å². The molecule has 0 spiro atoms. The highest BCUT2D eigenvalue weighted by atomic mass is 127. The van der Waals surface area contributed by atoms with E-state index in [0.717, 1.165) is 0 Å². The Bertz CT molecular complexity index is 775. The SMILES string of the molecule is N#Cc1nc(Nc2ccc(I)cc2F)c(C(=O)O)cc1F. The molecular weight excluding hydrogens is 395 g/mol. The van der Waals surface area contributed by atoms with E-state index in [-0.39, 0.29) is 11.5 Å². The first-order valence-electron chi connectivity index (χ1n) is 5.48. The van der Waals surface area contributed by atoms with Crippen molar-refractivity contribution in [3.05, 3.63) is 50.7 Å². The molecule has 21 heavy (non-hydrogen) atoms. The lowest BCUT2D eigenvalue weighted by molar-refractivity contribution is 0.0697. The first-order valence-corrected chi connectivity index (χ1v) is 6.56. The number of hydrogen-bond donors (Lipinski definition) is 2. The predicted molar refractivity (Wildman–Crippen MR) is 78.3 cm³/mol. The smallest absolute Gasteiger partial charge is 0.339 e. The topological polar surface area (TPSA) is 86.0 Å². The number of nitriles is 1. The zero-order chi connectivity index (χ0) is 15.6. The third-order valence-corrected chi connectivity index (χ3v) is 3.17. The van der Waals surface area contributed by atoms with Crippen LogP contribution >= 0.6 is 22.6 Å². The average Bonchev–Trinajstić information content (AvgIpc) is 2.42. The van der Waals surface area contributed by atoms with Crippen LogP contribution in [0.5, 0.6) is 0 Å². The Kier molecular flexibility index (Phi) is 4.32. The summed E-state index contributed by atoms with van der Waals surface area (Å²) in [5.41, 5.74) is -1.10. The number of carbonyl (C=O) groups is 1. The molecular formula is C13H6F2IN3O2. The molecule has 0 atom stereocenters. The van der Waals surface area contributed by atoms with Gasteiger partial charge in [-0.1, -0.05) is 0 Å². The van der Waals surface area contributed by atoms with Crippen molar-refractivity contribution in [3.63, 3.8) is 0 Å². The highest BCUT2D eigenvalue weighted by molar-refractivity contribution is 14.1. The molecule has 0 fully saturated rings. The van der Waals surface area contributed by atoms with Crippen molar-refractivity contribution in [2.75, 3.05) is 5.32 Å². The maximum atomic E-state index is 13.7. The van der Waals surface area contributed by atoms with Gasteiger partial charge in [0, 0.05) is 3.57 Å². The molecule has 2 N–H and O–H groups in total. The minimum atomic E-state index is -1.45. The number of rotatable bonds is 3. The molecule has 2 aromatic rings. The van der Waals surface area contributed by atoms with Crippen LogP contribution in [0.3, 0.4) is 0 Å². The predicted octanol–water partition coefficient (Wildman–Crippen LogP) is 3.28. The third-order valence-electron chi connectivity index (χ3n) is 2.50. The standard InChI is InChI=1S/C13H6F2IN3O2/c14-8-3-6(16)1-2-10(8)18-12-7(13(20)21)4-9(15)11(5-17)19-12/h1-4H,(H,18,19)(H,20,21). The van der Waals surface area contributed by atoms with E-state index in [2.05, 4.69) is 10.3 Å². The molecule has 8 heteroatoms. The molecule has 0 unspecified atom stereocenters. The Morgan fingerprint density at radius 1 is 1.33 bits per heavy atom. The first kappa shape index (κ1) is 15.1. The van der Waals surface area contributed by atoms with Crippen molar-refractivity contribution in [1.82, 2.24) is 4.98 Å². The lowest BCUT2D eigenvalue weighted by atomic mass is 10.2. The molecule has 0 aliphatic carbocycles. The maximum Gasteiger partial charge on any atom is 0.339 e. The molecule has 106 valence electrons. The van der Waals surface area contributed by atoms with E-state index >= 15 is 0 Å². The number of carboxylic acid groups (broad SMARTS) is 1. The molecule has 1 aromatic heterocycles. The number of nitrogens with zero attached hydrogens (tertiary/aromatic N) is 2. The molecule has 0 radical (unpaired) electrons. The average molecular weight is 401 g/mol. The number of anilines is 2. The monoisotopic (exact) mass is 401 g/mol. The summed E-state index contributed by atoms with van der Waals surface area (Å²) in [5, 5.41) is 20.2. The number of aromatic carboxylic acids is 1. The van der Waals surface area contributed by atoms with Crippen LogP contribution < -0.4 is 5.32 Å². The van der Waals surface area contributed by atoms with Gasteiger partial charge in [-0.05, 0) is 46.9 Å². The Morgan fingerprint density at radius 3 is 2.62 bits per heavy atom. The fraction of sp³-hybridized carbons (Fsp3) is 0. The zero-order valence-corrected chi connectivity index (χ0v) is 12.4. The fourth-order valence-electron chi connectivity index (χ4n) is 1.54. The van der Waals surface area contributed by atoms with Crippen molar-refractivity contribution < 1.29 is 18.7 Å². The van der Waals surface area contributed by atoms with Crippen molar-refractivity contribution in [1.29, 1.82) is 5.26 Å². The van der Waals surface area contributed by atoms with Crippen molar-refractivity contribution in [2.24, 2.45) is 0 Å². The number of carboxylic acids is 1. The summed E-state index contributed by atoms with van der Waals surface area (Å²) in [6.07, 6.45) is 0. The van der Waals surface area contributed by atoms with Gasteiger partial charge in [0.2, 0.25) is 0 Å². The van der Waals surface area contributed by atoms with Crippen LogP contribution in [-0.2, 0) is 0 Å². The lowest BCUT2D eigenvalue weighted by Crippen LogP contribution is -2.08. The van der Waals surface area contributed by atoms with Crippen molar-refractivity contribution in [2.45, 2.75) is 0 Å². The maximum absolute atomic E-state index is 13.7. The molecule has 1 aromatic carbocycles. The molecule has 0 amide bonds. The number of nitrogens with one attached hydrogen (secondary N) is 1. The number of aromatic nitrogens is 1. The number of pyridine rings is 1. The second kappa shape index (κ2) is 6.01. The highest BCUT2D eigenvalue weighted by Crippen LogP contribution is 2.24. The van der Waals surface area contributed by atoms with Crippen LogP contribution in [-0.4, -0.2) is 16.1 Å². The Labute approximate surface area is 131 Å². The van der Waals surface area contributed by atoms with E-state index in [9.17, 15) is 13.6 Å². The second-order valence-corrected chi connectivity index (χ2v) is 5.13. The van der Waals surface area contributed by atoms with Gasteiger partial charge in [-0.15, -0.1) is 0 Å². The Hall–Kier alpha value is -2.28. The molecule has 0 aliphatic heterocycles. The quantitative estimate of drug-likeness (QED) is 0.772. The summed E-state index contributed by atoms with van der Waals surface area (Å²) in [5.74, 6) is -3.42. The van der Waals surface area contributed by atoms with E-state index in [1.165, 1.54) is 18.2 Å². The van der Waals surface area contributed by atoms with Crippen LogP contribution in [0.4, 0.5) is 20.3 Å². The van der Waals surface area contributed by atoms with Gasteiger partial charge in [0.05, 0.1) is 5.69 Å². The van der Waals surface area contributed by atoms with Crippen LogP contribution in [0.25, 0.3) is 0 Å². The lowest BCUT2D eigenvalue weighted by Gasteiger charge is -2.10. The van der Waals surface area contributed by atoms with Crippen molar-refractivity contribution >= 4 is 40.1 Å². The summed E-state index contributed by atoms with van der Waals surface area (Å²) >= 11 is 1.92. The number of halogens is 3. The first-order chi connectivity index (χ1) is 9.92. The van der Waals surface area contributed by atoms with Gasteiger partial charge in [0.1, 0.15) is 23.3 Å². The van der Waals surface area contributed by atoms with Crippen LogP contribution in [0, 0.1) is 26.5 Å². The van der Waals surface area contributed by atoms with Gasteiger partial charge < -0.3 is 10.4 Å². The van der Waals surface area contributed by atoms with E-state index in [4.69, 9.17) is 10.4 Å². The summed E-state index contributed by atoms with van der Waals surface area (Å²) in [6, 6.07) is 6.39.